The van der Waals surface area contributed by atoms with Gasteiger partial charge in [0.2, 0.25) is 0 Å². The Morgan fingerprint density at radius 1 is 1.06 bits per heavy atom. The number of rotatable bonds is 4. The highest BCUT2D eigenvalue weighted by atomic mass is 35.5. The number of alkyl halides is 1. The highest BCUT2D eigenvalue weighted by molar-refractivity contribution is 7.72. The predicted octanol–water partition coefficient (Wildman–Crippen LogP) is 4.23. The monoisotopic (exact) mass is 258 g/mol. The van der Waals surface area contributed by atoms with E-state index in [0.717, 1.165) is 10.9 Å². The van der Waals surface area contributed by atoms with Crippen molar-refractivity contribution >= 4 is 24.0 Å². The molecule has 1 aromatic carbocycles. The van der Waals surface area contributed by atoms with Gasteiger partial charge in [0.1, 0.15) is 7.14 Å². The Kier molecular flexibility index (Phi) is 4.64. The predicted molar refractivity (Wildman–Crippen MR) is 73.5 cm³/mol. The fourth-order valence-electron chi connectivity index (χ4n) is 2.01. The molecule has 0 spiro atoms. The second-order valence-electron chi connectivity index (χ2n) is 4.70. The number of hydrogen-bond acceptors (Lipinski definition) is 1. The van der Waals surface area contributed by atoms with E-state index in [9.17, 15) is 4.57 Å². The van der Waals surface area contributed by atoms with Crippen LogP contribution >= 0.6 is 18.7 Å². The molecule has 0 saturated carbocycles. The van der Waals surface area contributed by atoms with Crippen molar-refractivity contribution in [1.29, 1.82) is 0 Å². The molecule has 1 nitrogen and oxygen atoms in total. The van der Waals surface area contributed by atoms with Crippen molar-refractivity contribution in [2.75, 3.05) is 0 Å². The molecule has 0 radical (unpaired) electrons. The third-order valence-corrected chi connectivity index (χ3v) is 7.51. The summed E-state index contributed by atoms with van der Waals surface area (Å²) in [6.45, 7) is 8.15. The van der Waals surface area contributed by atoms with Gasteiger partial charge in [-0.25, -0.2) is 0 Å². The summed E-state index contributed by atoms with van der Waals surface area (Å²) >= 11 is 5.75. The van der Waals surface area contributed by atoms with Crippen LogP contribution in [-0.4, -0.2) is 11.3 Å². The van der Waals surface area contributed by atoms with Crippen LogP contribution in [0.3, 0.4) is 0 Å². The highest BCUT2D eigenvalue weighted by Gasteiger charge is 2.32. The van der Waals surface area contributed by atoms with Crippen LogP contribution in [0.2, 0.25) is 0 Å². The maximum atomic E-state index is 13.0. The van der Waals surface area contributed by atoms with Gasteiger partial charge >= 0.3 is 0 Å². The Balaban J connectivity index is 3.18. The van der Waals surface area contributed by atoms with E-state index >= 15 is 0 Å². The first-order valence-electron chi connectivity index (χ1n) is 5.67. The first-order chi connectivity index (χ1) is 7.42. The summed E-state index contributed by atoms with van der Waals surface area (Å²) < 4.78 is 13.0. The average Bonchev–Trinajstić information content (AvgIpc) is 2.27. The fourth-order valence-corrected chi connectivity index (χ4v) is 5.19. The maximum absolute atomic E-state index is 13.0. The summed E-state index contributed by atoms with van der Waals surface area (Å²) in [5, 5.41) is 0.978. The van der Waals surface area contributed by atoms with Gasteiger partial charge in [-0.1, -0.05) is 52.0 Å². The van der Waals surface area contributed by atoms with E-state index in [2.05, 4.69) is 0 Å². The SMILES string of the molecule is CC(C)P(=O)(c1ccc(CCl)cc1)C(C)C. The molecule has 3 heteroatoms. The summed E-state index contributed by atoms with van der Waals surface area (Å²) in [5.74, 6) is 0.508. The summed E-state index contributed by atoms with van der Waals surface area (Å²) in [4.78, 5) is 0. The summed E-state index contributed by atoms with van der Waals surface area (Å²) in [7, 11) is -2.29. The molecule has 0 aliphatic heterocycles. The van der Waals surface area contributed by atoms with Gasteiger partial charge in [0, 0.05) is 22.5 Å². The van der Waals surface area contributed by atoms with Crippen molar-refractivity contribution in [3.05, 3.63) is 29.8 Å². The minimum absolute atomic E-state index is 0.189. The van der Waals surface area contributed by atoms with Crippen LogP contribution in [0.5, 0.6) is 0 Å². The Bertz CT molecular complexity index is 369. The van der Waals surface area contributed by atoms with Crippen LogP contribution in [0.4, 0.5) is 0 Å². The van der Waals surface area contributed by atoms with E-state index < -0.39 is 7.14 Å². The van der Waals surface area contributed by atoms with E-state index in [0.29, 0.717) is 5.88 Å². The molecule has 16 heavy (non-hydrogen) atoms. The third-order valence-electron chi connectivity index (χ3n) is 3.03. The highest BCUT2D eigenvalue weighted by Crippen LogP contribution is 2.53. The molecular formula is C13H20ClOP. The lowest BCUT2D eigenvalue weighted by molar-refractivity contribution is 0.569. The van der Waals surface area contributed by atoms with Gasteiger partial charge in [0.25, 0.3) is 0 Å². The molecule has 1 aromatic rings. The Morgan fingerprint density at radius 2 is 1.50 bits per heavy atom. The lowest BCUT2D eigenvalue weighted by atomic mass is 10.2. The molecule has 0 aromatic heterocycles. The molecule has 0 amide bonds. The van der Waals surface area contributed by atoms with Crippen LogP contribution in [0.25, 0.3) is 0 Å². The van der Waals surface area contributed by atoms with Gasteiger partial charge in [0.15, 0.2) is 0 Å². The van der Waals surface area contributed by atoms with E-state index in [1.54, 1.807) is 0 Å². The Labute approximate surface area is 104 Å². The van der Waals surface area contributed by atoms with Crippen molar-refractivity contribution in [1.82, 2.24) is 0 Å². The molecule has 0 aliphatic carbocycles. The van der Waals surface area contributed by atoms with Gasteiger partial charge in [-0.2, -0.15) is 0 Å². The molecule has 0 unspecified atom stereocenters. The second kappa shape index (κ2) is 5.38. The summed E-state index contributed by atoms with van der Waals surface area (Å²) in [5.41, 5.74) is 1.45. The molecule has 90 valence electrons. The van der Waals surface area contributed by atoms with Crippen LogP contribution in [0.15, 0.2) is 24.3 Å². The normalized spacial score (nSPS) is 12.4. The molecule has 0 bridgehead atoms. The minimum Gasteiger partial charge on any atom is -0.318 e. The third kappa shape index (κ3) is 2.52. The zero-order chi connectivity index (χ0) is 12.3. The van der Waals surface area contributed by atoms with Gasteiger partial charge in [-0.05, 0) is 5.56 Å². The molecular weight excluding hydrogens is 239 g/mol. The minimum atomic E-state index is -2.29. The molecule has 0 heterocycles. The van der Waals surface area contributed by atoms with E-state index in [1.807, 2.05) is 52.0 Å². The molecule has 0 saturated heterocycles. The topological polar surface area (TPSA) is 17.1 Å². The molecule has 0 N–H and O–H groups in total. The van der Waals surface area contributed by atoms with Crippen molar-refractivity contribution in [3.63, 3.8) is 0 Å². The van der Waals surface area contributed by atoms with Crippen LogP contribution in [-0.2, 0) is 10.4 Å². The first kappa shape index (κ1) is 13.8. The zero-order valence-corrected chi connectivity index (χ0v) is 12.1. The summed E-state index contributed by atoms with van der Waals surface area (Å²) in [6, 6.07) is 7.89. The molecule has 1 rings (SSSR count). The maximum Gasteiger partial charge on any atom is 0.120 e. The Hall–Kier alpha value is -0.260. The largest absolute Gasteiger partial charge is 0.318 e. The average molecular weight is 259 g/mol. The number of benzene rings is 1. The van der Waals surface area contributed by atoms with Gasteiger partial charge < -0.3 is 4.57 Å². The number of halogens is 1. The second-order valence-corrected chi connectivity index (χ2v) is 8.96. The lowest BCUT2D eigenvalue weighted by Crippen LogP contribution is -2.19. The van der Waals surface area contributed by atoms with Crippen molar-refractivity contribution in [2.45, 2.75) is 44.9 Å². The number of hydrogen-bond donors (Lipinski definition) is 0. The van der Waals surface area contributed by atoms with E-state index in [-0.39, 0.29) is 11.3 Å². The molecule has 0 fully saturated rings. The van der Waals surface area contributed by atoms with Gasteiger partial charge in [0.05, 0.1) is 0 Å². The van der Waals surface area contributed by atoms with Crippen molar-refractivity contribution in [3.8, 4) is 0 Å². The standard InChI is InChI=1S/C13H20ClOP/c1-10(2)16(15,11(3)4)13-7-5-12(9-14)6-8-13/h5-8,10-11H,9H2,1-4H3. The smallest absolute Gasteiger partial charge is 0.120 e. The van der Waals surface area contributed by atoms with Crippen molar-refractivity contribution in [2.24, 2.45) is 0 Å². The fraction of sp³-hybridized carbons (Fsp3) is 0.538. The quantitative estimate of drug-likeness (QED) is 0.583. The first-order valence-corrected chi connectivity index (χ1v) is 8.05. The van der Waals surface area contributed by atoms with Gasteiger partial charge in [-0.15, -0.1) is 11.6 Å². The van der Waals surface area contributed by atoms with Crippen LogP contribution < -0.4 is 5.30 Å². The Morgan fingerprint density at radius 3 is 1.81 bits per heavy atom. The van der Waals surface area contributed by atoms with Crippen LogP contribution in [0.1, 0.15) is 33.3 Å². The van der Waals surface area contributed by atoms with E-state index in [1.165, 1.54) is 0 Å². The van der Waals surface area contributed by atoms with Gasteiger partial charge in [-0.3, -0.25) is 0 Å². The van der Waals surface area contributed by atoms with Crippen molar-refractivity contribution < 1.29 is 4.57 Å². The molecule has 0 atom stereocenters. The lowest BCUT2D eigenvalue weighted by Gasteiger charge is -2.26. The molecule has 0 aliphatic rings. The summed E-state index contributed by atoms with van der Waals surface area (Å²) in [6.07, 6.45) is 0. The zero-order valence-electron chi connectivity index (χ0n) is 10.4. The van der Waals surface area contributed by atoms with Crippen LogP contribution in [0, 0.1) is 0 Å². The van der Waals surface area contributed by atoms with E-state index in [4.69, 9.17) is 11.6 Å².